The van der Waals surface area contributed by atoms with Crippen molar-refractivity contribution >= 4 is 5.97 Å². The van der Waals surface area contributed by atoms with Gasteiger partial charge in [0.1, 0.15) is 49.3 Å². The molecule has 18 unspecified atom stereocenters. The molecule has 13 nitrogen and oxygen atoms in total. The van der Waals surface area contributed by atoms with E-state index in [9.17, 15) is 35.4 Å². The van der Waals surface area contributed by atoms with Crippen molar-refractivity contribution in [3.05, 3.63) is 11.6 Å². The summed E-state index contributed by atoms with van der Waals surface area (Å²) in [5.41, 5.74) is 0.0599. The highest BCUT2D eigenvalue weighted by atomic mass is 16.7. The molecule has 0 amide bonds. The van der Waals surface area contributed by atoms with Gasteiger partial charge in [-0.2, -0.15) is 0 Å². The van der Waals surface area contributed by atoms with Crippen LogP contribution in [0.4, 0.5) is 0 Å². The monoisotopic (exact) mass is 696 g/mol. The summed E-state index contributed by atoms with van der Waals surface area (Å²) in [5.74, 6) is 0.909. The van der Waals surface area contributed by atoms with Gasteiger partial charge in [0.25, 0.3) is 0 Å². The van der Waals surface area contributed by atoms with Crippen LogP contribution in [0.5, 0.6) is 0 Å². The Morgan fingerprint density at radius 1 is 0.857 bits per heavy atom. The lowest BCUT2D eigenvalue weighted by molar-refractivity contribution is -0.362. The van der Waals surface area contributed by atoms with Gasteiger partial charge in [0.05, 0.1) is 24.4 Å². The number of carbonyl (C=O) groups is 1. The summed E-state index contributed by atoms with van der Waals surface area (Å²) in [6.45, 7) is 6.15. The highest BCUT2D eigenvalue weighted by Gasteiger charge is 2.68. The number of esters is 1. The molecule has 0 aromatic carbocycles. The summed E-state index contributed by atoms with van der Waals surface area (Å²) in [7, 11) is 1.44. The third-order valence-corrected chi connectivity index (χ3v) is 14.4. The van der Waals surface area contributed by atoms with Gasteiger partial charge in [-0.1, -0.05) is 13.8 Å². The van der Waals surface area contributed by atoms with Crippen LogP contribution in [-0.4, -0.2) is 130 Å². The second kappa shape index (κ2) is 13.3. The first-order valence-corrected chi connectivity index (χ1v) is 18.3. The van der Waals surface area contributed by atoms with Crippen molar-refractivity contribution in [3.8, 4) is 0 Å². The van der Waals surface area contributed by atoms with E-state index in [0.29, 0.717) is 18.4 Å². The zero-order valence-corrected chi connectivity index (χ0v) is 29.1. The Balaban J connectivity index is 0.990. The molecule has 7 rings (SSSR count). The Hall–Kier alpha value is -1.23. The van der Waals surface area contributed by atoms with Crippen molar-refractivity contribution in [1.29, 1.82) is 0 Å². The van der Waals surface area contributed by atoms with Crippen molar-refractivity contribution in [3.63, 3.8) is 0 Å². The first kappa shape index (κ1) is 36.1. The lowest BCUT2D eigenvalue weighted by Crippen LogP contribution is -2.64. The topological polar surface area (TPSA) is 194 Å². The maximum absolute atomic E-state index is 12.5. The summed E-state index contributed by atoms with van der Waals surface area (Å²) in [5, 5.41) is 64.3. The third-order valence-electron chi connectivity index (χ3n) is 14.4. The lowest BCUT2D eigenvalue weighted by Gasteiger charge is -2.64. The Morgan fingerprint density at radius 3 is 2.31 bits per heavy atom. The molecule has 0 spiro atoms. The molecule has 278 valence electrons. The fourth-order valence-corrected chi connectivity index (χ4v) is 11.6. The normalized spacial score (nSPS) is 54.4. The molecule has 2 saturated heterocycles. The summed E-state index contributed by atoms with van der Waals surface area (Å²) < 4.78 is 35.1. The number of aliphatic hydroxyl groups excluding tert-OH is 5. The van der Waals surface area contributed by atoms with Crippen molar-refractivity contribution in [2.75, 3.05) is 20.3 Å². The molecule has 6 N–H and O–H groups in total. The zero-order valence-electron chi connectivity index (χ0n) is 29.1. The molecule has 4 aliphatic carbocycles. The largest absolute Gasteiger partial charge is 0.458 e. The van der Waals surface area contributed by atoms with Crippen LogP contribution in [0.25, 0.3) is 0 Å². The van der Waals surface area contributed by atoms with Gasteiger partial charge >= 0.3 is 5.97 Å². The van der Waals surface area contributed by atoms with Crippen molar-refractivity contribution in [2.45, 2.75) is 152 Å². The molecule has 3 aliphatic heterocycles. The molecular formula is C36H56O13. The van der Waals surface area contributed by atoms with Crippen LogP contribution in [0.2, 0.25) is 0 Å². The van der Waals surface area contributed by atoms with E-state index in [1.807, 2.05) is 0 Å². The van der Waals surface area contributed by atoms with E-state index in [0.717, 1.165) is 63.4 Å². The number of ether oxygens (including phenoxy) is 6. The number of cyclic esters (lactones) is 1. The minimum atomic E-state index is -1.60. The number of carbonyl (C=O) groups excluding carboxylic acids is 1. The lowest BCUT2D eigenvalue weighted by atomic mass is 9.43. The minimum absolute atomic E-state index is 0.0579. The zero-order chi connectivity index (χ0) is 35.0. The van der Waals surface area contributed by atoms with E-state index in [1.165, 1.54) is 7.11 Å². The number of hydrogen-bond acceptors (Lipinski definition) is 13. The Kier molecular flexibility index (Phi) is 9.82. The summed E-state index contributed by atoms with van der Waals surface area (Å²) in [6, 6.07) is 0. The minimum Gasteiger partial charge on any atom is -0.458 e. The van der Waals surface area contributed by atoms with Gasteiger partial charge in [-0.25, -0.2) is 4.79 Å². The van der Waals surface area contributed by atoms with Crippen LogP contribution in [0, 0.1) is 34.5 Å². The Labute approximate surface area is 287 Å². The van der Waals surface area contributed by atoms with Crippen LogP contribution in [0.3, 0.4) is 0 Å². The van der Waals surface area contributed by atoms with E-state index < -0.39 is 73.6 Å². The predicted molar refractivity (Wildman–Crippen MR) is 170 cm³/mol. The molecule has 4 saturated carbocycles. The van der Waals surface area contributed by atoms with Gasteiger partial charge in [-0.15, -0.1) is 0 Å². The van der Waals surface area contributed by atoms with Gasteiger partial charge in [0.15, 0.2) is 12.6 Å². The number of fused-ring (bicyclic) bond motifs is 5. The quantitative estimate of drug-likeness (QED) is 0.163. The number of hydrogen-bond donors (Lipinski definition) is 6. The van der Waals surface area contributed by atoms with E-state index in [-0.39, 0.29) is 34.7 Å². The molecular weight excluding hydrogens is 640 g/mol. The van der Waals surface area contributed by atoms with Gasteiger partial charge in [0, 0.05) is 18.6 Å². The molecule has 0 radical (unpaired) electrons. The standard InChI is InChI=1S/C36H56O13/c1-17-30(49-32-28(41)27(40)26(39)24(15-37)48-32)31(44-4)29(42)33(46-17)47-20-7-10-34(2)19(14-20)5-6-23-22(34)8-11-35(3)21(9-12-36(23,35)43)18-13-25(38)45-16-18/h13,17,19-24,26-33,37,39-43H,5-12,14-16H2,1-4H3. The van der Waals surface area contributed by atoms with Gasteiger partial charge in [0.2, 0.25) is 0 Å². The average molecular weight is 697 g/mol. The van der Waals surface area contributed by atoms with Crippen molar-refractivity contribution in [2.24, 2.45) is 34.5 Å². The smallest absolute Gasteiger partial charge is 0.331 e. The van der Waals surface area contributed by atoms with E-state index in [4.69, 9.17) is 28.4 Å². The highest BCUT2D eigenvalue weighted by molar-refractivity contribution is 5.85. The molecule has 7 aliphatic rings. The summed E-state index contributed by atoms with van der Waals surface area (Å²) in [4.78, 5) is 11.9. The molecule has 49 heavy (non-hydrogen) atoms. The second-order valence-electron chi connectivity index (χ2n) is 16.5. The summed E-state index contributed by atoms with van der Waals surface area (Å²) in [6.07, 6.45) is -2.30. The molecule has 0 aromatic heterocycles. The average Bonchev–Trinajstić information content (AvgIpc) is 3.62. The van der Waals surface area contributed by atoms with Crippen LogP contribution >= 0.6 is 0 Å². The van der Waals surface area contributed by atoms with Gasteiger partial charge in [-0.05, 0) is 99.4 Å². The van der Waals surface area contributed by atoms with Crippen molar-refractivity contribution in [1.82, 2.24) is 0 Å². The number of methoxy groups -OCH3 is 1. The van der Waals surface area contributed by atoms with E-state index in [1.54, 1.807) is 13.0 Å². The number of rotatable bonds is 7. The van der Waals surface area contributed by atoms with Gasteiger partial charge in [-0.3, -0.25) is 0 Å². The SMILES string of the molecule is COC1C(O)C(OC2CCC3(C)C(CCC4C3CCC3(C)C(C5=CC(=O)OC5)CCC43O)C2)OC(C)C1OC1OC(CO)C(O)C(O)C1O. The molecule has 6 fully saturated rings. The first-order valence-electron chi connectivity index (χ1n) is 18.3. The van der Waals surface area contributed by atoms with E-state index >= 15 is 0 Å². The summed E-state index contributed by atoms with van der Waals surface area (Å²) >= 11 is 0. The van der Waals surface area contributed by atoms with Crippen LogP contribution in [0.1, 0.15) is 78.6 Å². The Bertz CT molecular complexity index is 1260. The highest BCUT2D eigenvalue weighted by Crippen LogP contribution is 2.70. The van der Waals surface area contributed by atoms with Gasteiger partial charge < -0.3 is 59.1 Å². The van der Waals surface area contributed by atoms with Crippen LogP contribution in [0.15, 0.2) is 11.6 Å². The fourth-order valence-electron chi connectivity index (χ4n) is 11.6. The van der Waals surface area contributed by atoms with Crippen molar-refractivity contribution < 1.29 is 63.9 Å². The van der Waals surface area contributed by atoms with E-state index in [2.05, 4.69) is 13.8 Å². The number of aliphatic hydroxyl groups is 6. The maximum atomic E-state index is 12.5. The third kappa shape index (κ3) is 5.74. The predicted octanol–water partition coefficient (Wildman–Crippen LogP) is 0.934. The fraction of sp³-hybridized carbons (Fsp3) is 0.917. The second-order valence-corrected chi connectivity index (χ2v) is 16.5. The van der Waals surface area contributed by atoms with Crippen LogP contribution < -0.4 is 0 Å². The first-order chi connectivity index (χ1) is 23.3. The van der Waals surface area contributed by atoms with Crippen LogP contribution in [-0.2, 0) is 33.2 Å². The molecule has 0 aromatic rings. The molecule has 3 heterocycles. The molecule has 18 atom stereocenters. The Morgan fingerprint density at radius 2 is 1.61 bits per heavy atom. The maximum Gasteiger partial charge on any atom is 0.331 e. The molecule has 13 heteroatoms. The molecule has 0 bridgehead atoms.